The number of carbonyl (C=O) groups excluding carboxylic acids is 2. The van der Waals surface area contributed by atoms with Crippen LogP contribution in [-0.4, -0.2) is 25.2 Å². The molecule has 2 rings (SSSR count). The van der Waals surface area contributed by atoms with Crippen molar-refractivity contribution < 1.29 is 24.1 Å². The summed E-state index contributed by atoms with van der Waals surface area (Å²) in [5.74, 6) is -0.738. The molecule has 0 radical (unpaired) electrons. The van der Waals surface area contributed by atoms with Crippen LogP contribution in [0.3, 0.4) is 0 Å². The first-order valence-electron chi connectivity index (χ1n) is 8.24. The van der Waals surface area contributed by atoms with E-state index in [4.69, 9.17) is 4.74 Å². The maximum Gasteiger partial charge on any atom is 0.373 e. The third-order valence-electron chi connectivity index (χ3n) is 3.31. The predicted molar refractivity (Wildman–Crippen MR) is 99.9 cm³/mol. The van der Waals surface area contributed by atoms with Gasteiger partial charge in [0.2, 0.25) is 0 Å². The molecule has 2 aromatic rings. The molecule has 0 heterocycles. The fraction of sp³-hybridized carbons (Fsp3) is 0.238. The van der Waals surface area contributed by atoms with E-state index in [1.807, 2.05) is 44.2 Å². The topological polar surface area (TPSA) is 61.8 Å². The summed E-state index contributed by atoms with van der Waals surface area (Å²) < 4.78 is 4.90. The Balaban J connectivity index is 0.000000260. The number of hydrogen-bond donors (Lipinski definition) is 0. The van der Waals surface area contributed by atoms with E-state index >= 15 is 0 Å². The lowest BCUT2D eigenvalue weighted by Gasteiger charge is -2.03. The summed E-state index contributed by atoms with van der Waals surface area (Å²) in [5.41, 5.74) is 2.96. The summed E-state index contributed by atoms with van der Waals surface area (Å²) in [7, 11) is 0. The molecule has 0 N–H and O–H groups in total. The first kappa shape index (κ1) is 21.1. The van der Waals surface area contributed by atoms with Crippen LogP contribution in [0.15, 0.2) is 61.2 Å². The number of benzene rings is 2. The second-order valence-electron chi connectivity index (χ2n) is 5.29. The van der Waals surface area contributed by atoms with Gasteiger partial charge in [-0.1, -0.05) is 49.1 Å². The molecular formula is C21H24O5. The van der Waals surface area contributed by atoms with Crippen LogP contribution < -0.4 is 0 Å². The zero-order valence-corrected chi connectivity index (χ0v) is 15.4. The average Bonchev–Trinajstić information content (AvgIpc) is 2.65. The van der Waals surface area contributed by atoms with Crippen molar-refractivity contribution in [3.05, 3.63) is 83.4 Å². The highest BCUT2D eigenvalue weighted by atomic mass is 17.2. The van der Waals surface area contributed by atoms with Crippen molar-refractivity contribution >= 4 is 11.9 Å². The van der Waals surface area contributed by atoms with Crippen molar-refractivity contribution in [2.75, 3.05) is 13.2 Å². The Morgan fingerprint density at radius 1 is 0.923 bits per heavy atom. The molecule has 2 aromatic carbocycles. The van der Waals surface area contributed by atoms with E-state index in [-0.39, 0.29) is 12.6 Å². The fourth-order valence-electron chi connectivity index (χ4n) is 1.97. The highest BCUT2D eigenvalue weighted by Crippen LogP contribution is 2.09. The third kappa shape index (κ3) is 6.91. The van der Waals surface area contributed by atoms with Crippen LogP contribution in [0.1, 0.15) is 38.8 Å². The van der Waals surface area contributed by atoms with Crippen LogP contribution in [0, 0.1) is 13.8 Å². The van der Waals surface area contributed by atoms with E-state index in [0.717, 1.165) is 11.1 Å². The minimum absolute atomic E-state index is 0.257. The molecule has 0 saturated carbocycles. The van der Waals surface area contributed by atoms with Gasteiger partial charge in [-0.15, -0.1) is 0 Å². The number of rotatable bonds is 6. The van der Waals surface area contributed by atoms with Gasteiger partial charge in [-0.2, -0.15) is 4.89 Å². The average molecular weight is 356 g/mol. The molecule has 5 heteroatoms. The Hall–Kier alpha value is -2.92. The van der Waals surface area contributed by atoms with E-state index < -0.39 is 5.97 Å². The zero-order valence-electron chi connectivity index (χ0n) is 15.4. The van der Waals surface area contributed by atoms with E-state index in [1.54, 1.807) is 31.2 Å². The quantitative estimate of drug-likeness (QED) is 0.331. The lowest BCUT2D eigenvalue weighted by Crippen LogP contribution is -2.07. The second-order valence-corrected chi connectivity index (χ2v) is 5.29. The summed E-state index contributed by atoms with van der Waals surface area (Å²) in [6.45, 7) is 9.57. The van der Waals surface area contributed by atoms with E-state index in [2.05, 4.69) is 16.4 Å². The molecule has 0 unspecified atom stereocenters. The summed E-state index contributed by atoms with van der Waals surface area (Å²) in [6, 6.07) is 14.5. The second kappa shape index (κ2) is 11.6. The minimum Gasteiger partial charge on any atom is -0.458 e. The van der Waals surface area contributed by atoms with Gasteiger partial charge in [-0.3, -0.25) is 4.89 Å². The molecule has 138 valence electrons. The van der Waals surface area contributed by atoms with Gasteiger partial charge in [-0.05, 0) is 44.0 Å². The largest absolute Gasteiger partial charge is 0.458 e. The van der Waals surface area contributed by atoms with Crippen LogP contribution in [0.5, 0.6) is 0 Å². The molecule has 0 aromatic heterocycles. The Morgan fingerprint density at radius 3 is 1.88 bits per heavy atom. The Morgan fingerprint density at radius 2 is 1.42 bits per heavy atom. The summed E-state index contributed by atoms with van der Waals surface area (Å²) in [5, 5.41) is 0. The Bertz CT molecular complexity index is 737. The van der Waals surface area contributed by atoms with Crippen molar-refractivity contribution in [3.63, 3.8) is 0 Å². The van der Waals surface area contributed by atoms with Crippen molar-refractivity contribution in [2.45, 2.75) is 20.8 Å². The summed E-state index contributed by atoms with van der Waals surface area (Å²) >= 11 is 0. The highest BCUT2D eigenvalue weighted by Gasteiger charge is 2.09. The summed E-state index contributed by atoms with van der Waals surface area (Å²) in [6.07, 6.45) is 1.55. The molecule has 0 aliphatic carbocycles. The number of hydrogen-bond acceptors (Lipinski definition) is 5. The molecule has 0 aliphatic rings. The standard InChI is InChI=1S/C11H12O2.C10H12O3/c1-3-8-13-11(12)10-7-5-4-6-9(10)2;1-3-12-13-10(11)9-7-5-4-6-8(9)2/h3-7H,1,8H2,2H3;4-7H,3H2,1-2H3. The van der Waals surface area contributed by atoms with Crippen LogP contribution in [0.25, 0.3) is 0 Å². The Kier molecular flexibility index (Phi) is 9.43. The SMILES string of the molecule is C=CCOC(=O)c1ccccc1C.CCOOC(=O)c1ccccc1C. The van der Waals surface area contributed by atoms with Crippen LogP contribution in [-0.2, 0) is 14.5 Å². The van der Waals surface area contributed by atoms with Gasteiger partial charge in [0.15, 0.2) is 0 Å². The zero-order chi connectivity index (χ0) is 19.4. The lowest BCUT2D eigenvalue weighted by molar-refractivity contribution is -0.236. The van der Waals surface area contributed by atoms with Crippen LogP contribution >= 0.6 is 0 Å². The number of carbonyl (C=O) groups is 2. The normalized spacial score (nSPS) is 9.50. The molecule has 26 heavy (non-hydrogen) atoms. The van der Waals surface area contributed by atoms with Gasteiger partial charge in [0.25, 0.3) is 0 Å². The molecule has 0 saturated heterocycles. The Labute approximate surface area is 154 Å². The maximum atomic E-state index is 11.4. The van der Waals surface area contributed by atoms with Gasteiger partial charge >= 0.3 is 11.9 Å². The van der Waals surface area contributed by atoms with Gasteiger partial charge in [0.05, 0.1) is 17.7 Å². The molecule has 0 amide bonds. The smallest absolute Gasteiger partial charge is 0.373 e. The van der Waals surface area contributed by atoms with Crippen LogP contribution in [0.2, 0.25) is 0 Å². The first-order valence-corrected chi connectivity index (χ1v) is 8.24. The highest BCUT2D eigenvalue weighted by molar-refractivity contribution is 5.91. The monoisotopic (exact) mass is 356 g/mol. The number of aryl methyl sites for hydroxylation is 2. The minimum atomic E-state index is -0.444. The van der Waals surface area contributed by atoms with E-state index in [1.165, 1.54) is 0 Å². The van der Waals surface area contributed by atoms with Crippen LogP contribution in [0.4, 0.5) is 0 Å². The van der Waals surface area contributed by atoms with Gasteiger partial charge in [0, 0.05) is 0 Å². The first-order chi connectivity index (χ1) is 12.5. The van der Waals surface area contributed by atoms with Crippen molar-refractivity contribution in [2.24, 2.45) is 0 Å². The van der Waals surface area contributed by atoms with Gasteiger partial charge < -0.3 is 4.74 Å². The van der Waals surface area contributed by atoms with E-state index in [0.29, 0.717) is 17.7 Å². The molecule has 0 fully saturated rings. The number of ether oxygens (including phenoxy) is 1. The molecule has 5 nitrogen and oxygen atoms in total. The van der Waals surface area contributed by atoms with Crippen molar-refractivity contribution in [1.82, 2.24) is 0 Å². The fourth-order valence-corrected chi connectivity index (χ4v) is 1.97. The third-order valence-corrected chi connectivity index (χ3v) is 3.31. The predicted octanol–water partition coefficient (Wildman–Crippen LogP) is 4.44. The van der Waals surface area contributed by atoms with E-state index in [9.17, 15) is 9.59 Å². The van der Waals surface area contributed by atoms with Crippen molar-refractivity contribution in [1.29, 1.82) is 0 Å². The molecular weight excluding hydrogens is 332 g/mol. The molecule has 0 aliphatic heterocycles. The van der Waals surface area contributed by atoms with Gasteiger partial charge in [0.1, 0.15) is 6.61 Å². The van der Waals surface area contributed by atoms with Gasteiger partial charge in [-0.25, -0.2) is 9.59 Å². The molecule has 0 bridgehead atoms. The maximum absolute atomic E-state index is 11.4. The van der Waals surface area contributed by atoms with Crippen molar-refractivity contribution in [3.8, 4) is 0 Å². The lowest BCUT2D eigenvalue weighted by atomic mass is 10.1. The molecule has 0 spiro atoms. The number of esters is 1. The summed E-state index contributed by atoms with van der Waals surface area (Å²) in [4.78, 5) is 31.7. The molecule has 0 atom stereocenters.